The topological polar surface area (TPSA) is 64.6 Å². The highest BCUT2D eigenvalue weighted by Crippen LogP contribution is 2.27. The van der Waals surface area contributed by atoms with Crippen LogP contribution in [0.15, 0.2) is 47.4 Å². The van der Waals surface area contributed by atoms with E-state index in [9.17, 15) is 21.6 Å². The lowest BCUT2D eigenvalue weighted by Gasteiger charge is -2.10. The van der Waals surface area contributed by atoms with E-state index in [1.165, 1.54) is 6.07 Å². The molecule has 3 rings (SSSR count). The van der Waals surface area contributed by atoms with Gasteiger partial charge in [0, 0.05) is 13.0 Å². The average molecular weight is 401 g/mol. The molecule has 0 spiro atoms. The summed E-state index contributed by atoms with van der Waals surface area (Å²) in [7, 11) is -3.68. The van der Waals surface area contributed by atoms with E-state index >= 15 is 0 Å². The van der Waals surface area contributed by atoms with Crippen LogP contribution < -0.4 is 9.46 Å². The van der Waals surface area contributed by atoms with Gasteiger partial charge >= 0.3 is 6.18 Å². The van der Waals surface area contributed by atoms with Gasteiger partial charge in [-0.1, -0.05) is 24.3 Å². The minimum atomic E-state index is -4.36. The van der Waals surface area contributed by atoms with Crippen LogP contribution in [0, 0.1) is 0 Å². The van der Waals surface area contributed by atoms with Crippen molar-refractivity contribution < 1.29 is 31.1 Å². The van der Waals surface area contributed by atoms with Gasteiger partial charge in [-0.15, -0.1) is 0 Å². The van der Waals surface area contributed by atoms with Crippen molar-refractivity contribution >= 4 is 10.0 Å². The van der Waals surface area contributed by atoms with Crippen molar-refractivity contribution in [1.29, 1.82) is 0 Å². The smallest absolute Gasteiger partial charge is 0.411 e. The Balaban J connectivity index is 1.56. The van der Waals surface area contributed by atoms with Gasteiger partial charge in [0.2, 0.25) is 10.0 Å². The van der Waals surface area contributed by atoms with Gasteiger partial charge in [0.15, 0.2) is 0 Å². The number of hydrogen-bond donors (Lipinski definition) is 1. The number of nitrogens with one attached hydrogen (secondary N) is 1. The Bertz CT molecular complexity index is 896. The predicted octanol–water partition coefficient (Wildman–Crippen LogP) is 3.18. The minimum Gasteiger partial charge on any atom is -0.493 e. The number of hydrogen-bond acceptors (Lipinski definition) is 4. The molecule has 0 aliphatic carbocycles. The van der Waals surface area contributed by atoms with Crippen LogP contribution in [0.1, 0.15) is 16.7 Å². The quantitative estimate of drug-likeness (QED) is 0.774. The fourth-order valence-corrected chi connectivity index (χ4v) is 3.70. The summed E-state index contributed by atoms with van der Waals surface area (Å²) in [5.74, 6) is 0.706. The number of halogens is 3. The summed E-state index contributed by atoms with van der Waals surface area (Å²) < 4.78 is 73.5. The Morgan fingerprint density at radius 2 is 1.78 bits per heavy atom. The van der Waals surface area contributed by atoms with Gasteiger partial charge < -0.3 is 9.47 Å². The molecule has 0 bridgehead atoms. The molecule has 0 amide bonds. The van der Waals surface area contributed by atoms with E-state index in [4.69, 9.17) is 4.74 Å². The van der Waals surface area contributed by atoms with Crippen molar-refractivity contribution in [3.63, 3.8) is 0 Å². The van der Waals surface area contributed by atoms with Gasteiger partial charge in [0.05, 0.1) is 18.1 Å². The summed E-state index contributed by atoms with van der Waals surface area (Å²) in [6.07, 6.45) is -3.68. The number of sulfonamides is 1. The molecule has 2 aromatic rings. The molecule has 2 aromatic carbocycles. The van der Waals surface area contributed by atoms with Crippen LogP contribution >= 0.6 is 0 Å². The van der Waals surface area contributed by atoms with E-state index in [0.29, 0.717) is 29.9 Å². The molecular weight excluding hydrogens is 383 g/mol. The molecule has 0 saturated carbocycles. The van der Waals surface area contributed by atoms with Crippen LogP contribution in [-0.2, 0) is 34.3 Å². The first kappa shape index (κ1) is 19.7. The molecule has 1 N–H and O–H groups in total. The molecule has 1 heterocycles. The van der Waals surface area contributed by atoms with Gasteiger partial charge in [-0.2, -0.15) is 13.2 Å². The Hall–Kier alpha value is -2.10. The van der Waals surface area contributed by atoms with Crippen molar-refractivity contribution in [1.82, 2.24) is 4.72 Å². The lowest BCUT2D eigenvalue weighted by atomic mass is 10.1. The van der Waals surface area contributed by atoms with E-state index in [1.54, 1.807) is 36.4 Å². The van der Waals surface area contributed by atoms with Gasteiger partial charge in [-0.3, -0.25) is 0 Å². The zero-order chi connectivity index (χ0) is 19.5. The van der Waals surface area contributed by atoms with Gasteiger partial charge in [-0.05, 0) is 34.9 Å². The molecule has 0 aromatic heterocycles. The van der Waals surface area contributed by atoms with Crippen LogP contribution in [0.25, 0.3) is 0 Å². The molecule has 146 valence electrons. The number of fused-ring (bicyclic) bond motifs is 1. The Morgan fingerprint density at radius 3 is 2.48 bits per heavy atom. The molecule has 27 heavy (non-hydrogen) atoms. The third kappa shape index (κ3) is 5.44. The Morgan fingerprint density at radius 1 is 1.07 bits per heavy atom. The first-order chi connectivity index (χ1) is 12.7. The highest BCUT2D eigenvalue weighted by molar-refractivity contribution is 7.89. The third-order valence-electron chi connectivity index (χ3n) is 3.99. The second-order valence-electron chi connectivity index (χ2n) is 6.12. The molecule has 0 fully saturated rings. The van der Waals surface area contributed by atoms with E-state index < -0.39 is 22.8 Å². The highest BCUT2D eigenvalue weighted by Gasteiger charge is 2.27. The number of rotatable bonds is 7. The van der Waals surface area contributed by atoms with Crippen LogP contribution in [0.4, 0.5) is 13.2 Å². The highest BCUT2D eigenvalue weighted by atomic mass is 32.2. The molecule has 0 atom stereocenters. The van der Waals surface area contributed by atoms with E-state index in [0.717, 1.165) is 5.56 Å². The van der Waals surface area contributed by atoms with Crippen molar-refractivity contribution in [2.45, 2.75) is 30.6 Å². The van der Waals surface area contributed by atoms with Gasteiger partial charge in [-0.25, -0.2) is 13.1 Å². The standard InChI is InChI=1S/C18H18F3NO4S/c19-18(20,21)12-25-11-14-3-1-13(2-4-14)10-22-27(23,24)16-5-6-17-15(9-16)7-8-26-17/h1-6,9,22H,7-8,10-12H2. The van der Waals surface area contributed by atoms with E-state index in [2.05, 4.69) is 9.46 Å². The SMILES string of the molecule is O=S(=O)(NCc1ccc(COCC(F)(F)F)cc1)c1ccc2c(c1)CCO2. The van der Waals surface area contributed by atoms with Crippen LogP contribution in [-0.4, -0.2) is 27.8 Å². The molecule has 9 heteroatoms. The summed E-state index contributed by atoms with van der Waals surface area (Å²) in [5, 5.41) is 0. The van der Waals surface area contributed by atoms with Crippen LogP contribution in [0.3, 0.4) is 0 Å². The lowest BCUT2D eigenvalue weighted by molar-refractivity contribution is -0.176. The molecular formula is C18H18F3NO4S. The first-order valence-corrected chi connectivity index (χ1v) is 9.69. The Kier molecular flexibility index (Phi) is 5.73. The Labute approximate surface area is 155 Å². The van der Waals surface area contributed by atoms with Crippen LogP contribution in [0.5, 0.6) is 5.75 Å². The van der Waals surface area contributed by atoms with Crippen molar-refractivity contribution in [2.24, 2.45) is 0 Å². The maximum atomic E-state index is 12.4. The maximum absolute atomic E-state index is 12.4. The molecule has 0 unspecified atom stereocenters. The lowest BCUT2D eigenvalue weighted by Crippen LogP contribution is -2.23. The summed E-state index contributed by atoms with van der Waals surface area (Å²) in [4.78, 5) is 0.170. The maximum Gasteiger partial charge on any atom is 0.411 e. The van der Waals surface area contributed by atoms with Crippen molar-refractivity contribution in [3.8, 4) is 5.75 Å². The van der Waals surface area contributed by atoms with Gasteiger partial charge in [0.1, 0.15) is 12.4 Å². The van der Waals surface area contributed by atoms with E-state index in [-0.39, 0.29) is 18.0 Å². The zero-order valence-electron chi connectivity index (χ0n) is 14.3. The molecule has 1 aliphatic heterocycles. The minimum absolute atomic E-state index is 0.0691. The normalized spacial score (nSPS) is 14.0. The molecule has 0 radical (unpaired) electrons. The van der Waals surface area contributed by atoms with Gasteiger partial charge in [0.25, 0.3) is 0 Å². The zero-order valence-corrected chi connectivity index (χ0v) is 15.1. The summed E-state index contributed by atoms with van der Waals surface area (Å²) in [6.45, 7) is -0.853. The number of alkyl halides is 3. The predicted molar refractivity (Wildman–Crippen MR) is 91.8 cm³/mol. The molecule has 0 saturated heterocycles. The summed E-state index contributed by atoms with van der Waals surface area (Å²) in [6, 6.07) is 11.2. The molecule has 1 aliphatic rings. The second-order valence-corrected chi connectivity index (χ2v) is 7.88. The second kappa shape index (κ2) is 7.87. The average Bonchev–Trinajstić information content (AvgIpc) is 3.08. The fourth-order valence-electron chi connectivity index (χ4n) is 2.63. The fraction of sp³-hybridized carbons (Fsp3) is 0.333. The monoisotopic (exact) mass is 401 g/mol. The first-order valence-electron chi connectivity index (χ1n) is 8.21. The van der Waals surface area contributed by atoms with Crippen molar-refractivity contribution in [3.05, 3.63) is 59.2 Å². The summed E-state index contributed by atoms with van der Waals surface area (Å²) >= 11 is 0. The van der Waals surface area contributed by atoms with Crippen LogP contribution in [0.2, 0.25) is 0 Å². The van der Waals surface area contributed by atoms with E-state index in [1.807, 2.05) is 0 Å². The largest absolute Gasteiger partial charge is 0.493 e. The summed E-state index contributed by atoms with van der Waals surface area (Å²) in [5.41, 5.74) is 2.12. The molecule has 5 nitrogen and oxygen atoms in total. The number of ether oxygens (including phenoxy) is 2. The van der Waals surface area contributed by atoms with Crippen molar-refractivity contribution in [2.75, 3.05) is 13.2 Å². The third-order valence-corrected chi connectivity index (χ3v) is 5.39. The number of benzene rings is 2.